The Morgan fingerprint density at radius 1 is 1.41 bits per heavy atom. The smallest absolute Gasteiger partial charge is 0.311 e. The van der Waals surface area contributed by atoms with E-state index in [1.54, 1.807) is 19.2 Å². The second kappa shape index (κ2) is 6.83. The molecule has 0 aromatic carbocycles. The number of aryl methyl sites for hydroxylation is 1. The molecule has 1 N–H and O–H groups in total. The number of anilines is 1. The van der Waals surface area contributed by atoms with Crippen molar-refractivity contribution < 1.29 is 4.92 Å². The molecule has 94 valence electrons. The van der Waals surface area contributed by atoms with Crippen molar-refractivity contribution in [1.29, 1.82) is 0 Å². The van der Waals surface area contributed by atoms with Gasteiger partial charge < -0.3 is 5.32 Å². The predicted octanol–water partition coefficient (Wildman–Crippen LogP) is 3.29. The first-order valence-electron chi connectivity index (χ1n) is 6.00. The molecule has 17 heavy (non-hydrogen) atoms. The summed E-state index contributed by atoms with van der Waals surface area (Å²) in [5.74, 6) is 0.372. The van der Waals surface area contributed by atoms with Crippen LogP contribution >= 0.6 is 0 Å². The molecule has 1 rings (SSSR count). The van der Waals surface area contributed by atoms with Crippen LogP contribution in [0.2, 0.25) is 0 Å². The minimum absolute atomic E-state index is 0.0560. The van der Waals surface area contributed by atoms with Gasteiger partial charge in [0.2, 0.25) is 5.82 Å². The maximum absolute atomic E-state index is 10.8. The Hall–Kier alpha value is -1.65. The van der Waals surface area contributed by atoms with Gasteiger partial charge in [-0.3, -0.25) is 10.1 Å². The van der Waals surface area contributed by atoms with Crippen molar-refractivity contribution in [3.8, 4) is 0 Å². The average Bonchev–Trinajstić information content (AvgIpc) is 2.30. The molecule has 0 saturated carbocycles. The van der Waals surface area contributed by atoms with Gasteiger partial charge in [0.15, 0.2) is 0 Å². The second-order valence-electron chi connectivity index (χ2n) is 4.12. The van der Waals surface area contributed by atoms with Crippen LogP contribution in [0.1, 0.15) is 38.2 Å². The Morgan fingerprint density at radius 2 is 2.18 bits per heavy atom. The third-order valence-electron chi connectivity index (χ3n) is 2.52. The lowest BCUT2D eigenvalue weighted by atomic mass is 10.2. The number of pyridine rings is 1. The molecule has 0 bridgehead atoms. The number of rotatable bonds is 7. The van der Waals surface area contributed by atoms with Gasteiger partial charge in [-0.25, -0.2) is 4.98 Å². The van der Waals surface area contributed by atoms with Gasteiger partial charge in [-0.2, -0.15) is 0 Å². The van der Waals surface area contributed by atoms with E-state index in [0.29, 0.717) is 5.82 Å². The van der Waals surface area contributed by atoms with Crippen molar-refractivity contribution in [2.24, 2.45) is 0 Å². The van der Waals surface area contributed by atoms with Crippen LogP contribution in [0.5, 0.6) is 0 Å². The van der Waals surface area contributed by atoms with Gasteiger partial charge in [-0.15, -0.1) is 0 Å². The normalized spacial score (nSPS) is 10.2. The third kappa shape index (κ3) is 4.38. The number of hydrogen-bond acceptors (Lipinski definition) is 4. The summed E-state index contributed by atoms with van der Waals surface area (Å²) in [4.78, 5) is 14.5. The van der Waals surface area contributed by atoms with Crippen molar-refractivity contribution in [1.82, 2.24) is 4.98 Å². The lowest BCUT2D eigenvalue weighted by Gasteiger charge is -2.06. The van der Waals surface area contributed by atoms with Gasteiger partial charge in [0.05, 0.1) is 4.92 Å². The standard InChI is InChI=1S/C12H19N3O2/c1-3-4-5-6-7-13-12-11(15(16)17)8-10(2)9-14-12/h8-9H,3-7H2,1-2H3,(H,13,14). The van der Waals surface area contributed by atoms with E-state index in [0.717, 1.165) is 24.9 Å². The maximum atomic E-state index is 10.8. The number of nitrogens with zero attached hydrogens (tertiary/aromatic N) is 2. The van der Waals surface area contributed by atoms with Gasteiger partial charge in [-0.05, 0) is 18.9 Å². The lowest BCUT2D eigenvalue weighted by molar-refractivity contribution is -0.384. The van der Waals surface area contributed by atoms with Crippen molar-refractivity contribution in [3.05, 3.63) is 27.9 Å². The zero-order valence-electron chi connectivity index (χ0n) is 10.4. The van der Waals surface area contributed by atoms with Crippen molar-refractivity contribution in [2.45, 2.75) is 39.5 Å². The molecule has 0 radical (unpaired) electrons. The van der Waals surface area contributed by atoms with Gasteiger partial charge >= 0.3 is 5.69 Å². The molecule has 5 heteroatoms. The van der Waals surface area contributed by atoms with E-state index in [1.165, 1.54) is 12.8 Å². The topological polar surface area (TPSA) is 68.1 Å². The highest BCUT2D eigenvalue weighted by atomic mass is 16.6. The molecule has 0 saturated heterocycles. The van der Waals surface area contributed by atoms with Crippen LogP contribution in [0.3, 0.4) is 0 Å². The molecule has 0 spiro atoms. The zero-order chi connectivity index (χ0) is 12.7. The molecule has 1 aromatic rings. The van der Waals surface area contributed by atoms with E-state index >= 15 is 0 Å². The molecular weight excluding hydrogens is 218 g/mol. The zero-order valence-corrected chi connectivity index (χ0v) is 10.4. The fourth-order valence-corrected chi connectivity index (χ4v) is 1.59. The van der Waals surface area contributed by atoms with Crippen LogP contribution in [0, 0.1) is 17.0 Å². The van der Waals surface area contributed by atoms with Crippen LogP contribution < -0.4 is 5.32 Å². The lowest BCUT2D eigenvalue weighted by Crippen LogP contribution is -2.06. The van der Waals surface area contributed by atoms with Crippen LogP contribution in [-0.2, 0) is 0 Å². The minimum Gasteiger partial charge on any atom is -0.364 e. The first-order valence-corrected chi connectivity index (χ1v) is 6.00. The number of aromatic nitrogens is 1. The van der Waals surface area contributed by atoms with Crippen LogP contribution in [0.15, 0.2) is 12.3 Å². The van der Waals surface area contributed by atoms with Gasteiger partial charge in [0.1, 0.15) is 0 Å². The Labute approximate surface area is 101 Å². The van der Waals surface area contributed by atoms with Gasteiger partial charge in [0, 0.05) is 18.8 Å². The summed E-state index contributed by atoms with van der Waals surface area (Å²) >= 11 is 0. The number of nitro groups is 1. The molecule has 0 aliphatic carbocycles. The Morgan fingerprint density at radius 3 is 2.82 bits per heavy atom. The largest absolute Gasteiger partial charge is 0.364 e. The number of nitrogens with one attached hydrogen (secondary N) is 1. The molecule has 0 aliphatic heterocycles. The van der Waals surface area contributed by atoms with Crippen LogP contribution in [0.25, 0.3) is 0 Å². The van der Waals surface area contributed by atoms with Crippen LogP contribution in [-0.4, -0.2) is 16.5 Å². The highest BCUT2D eigenvalue weighted by Gasteiger charge is 2.14. The maximum Gasteiger partial charge on any atom is 0.311 e. The highest BCUT2D eigenvalue weighted by Crippen LogP contribution is 2.22. The Kier molecular flexibility index (Phi) is 5.39. The SMILES string of the molecule is CCCCCCNc1ncc(C)cc1[N+](=O)[O-]. The number of hydrogen-bond donors (Lipinski definition) is 1. The summed E-state index contributed by atoms with van der Waals surface area (Å²) in [6.45, 7) is 4.68. The Balaban J connectivity index is 2.55. The number of unbranched alkanes of at least 4 members (excludes halogenated alkanes) is 3. The van der Waals surface area contributed by atoms with E-state index in [9.17, 15) is 10.1 Å². The van der Waals surface area contributed by atoms with Crippen molar-refractivity contribution >= 4 is 11.5 Å². The average molecular weight is 237 g/mol. The molecular formula is C12H19N3O2. The van der Waals surface area contributed by atoms with Crippen LogP contribution in [0.4, 0.5) is 11.5 Å². The second-order valence-corrected chi connectivity index (χ2v) is 4.12. The first kappa shape index (κ1) is 13.4. The van der Waals surface area contributed by atoms with Gasteiger partial charge in [-0.1, -0.05) is 26.2 Å². The summed E-state index contributed by atoms with van der Waals surface area (Å²) in [7, 11) is 0. The van der Waals surface area contributed by atoms with E-state index in [4.69, 9.17) is 0 Å². The molecule has 1 aromatic heterocycles. The monoisotopic (exact) mass is 237 g/mol. The molecule has 0 unspecified atom stereocenters. The van der Waals surface area contributed by atoms with E-state index < -0.39 is 4.92 Å². The first-order chi connectivity index (χ1) is 8.15. The van der Waals surface area contributed by atoms with E-state index in [1.807, 2.05) is 0 Å². The summed E-state index contributed by atoms with van der Waals surface area (Å²) in [6.07, 6.45) is 6.18. The third-order valence-corrected chi connectivity index (χ3v) is 2.52. The summed E-state index contributed by atoms with van der Waals surface area (Å²) in [6, 6.07) is 1.54. The highest BCUT2D eigenvalue weighted by molar-refractivity contribution is 5.56. The summed E-state index contributed by atoms with van der Waals surface area (Å²) in [5, 5.41) is 13.9. The molecule has 0 fully saturated rings. The van der Waals surface area contributed by atoms with E-state index in [2.05, 4.69) is 17.2 Å². The van der Waals surface area contributed by atoms with E-state index in [-0.39, 0.29) is 5.69 Å². The molecule has 0 aliphatic rings. The Bertz CT molecular complexity index is 380. The fourth-order valence-electron chi connectivity index (χ4n) is 1.59. The molecule has 0 atom stereocenters. The molecule has 0 amide bonds. The fraction of sp³-hybridized carbons (Fsp3) is 0.583. The van der Waals surface area contributed by atoms with Gasteiger partial charge in [0.25, 0.3) is 0 Å². The predicted molar refractivity (Wildman–Crippen MR) is 68.3 cm³/mol. The van der Waals surface area contributed by atoms with Crippen molar-refractivity contribution in [2.75, 3.05) is 11.9 Å². The summed E-state index contributed by atoms with van der Waals surface area (Å²) < 4.78 is 0. The molecule has 5 nitrogen and oxygen atoms in total. The molecule has 1 heterocycles. The quantitative estimate of drug-likeness (QED) is 0.449. The van der Waals surface area contributed by atoms with Crippen molar-refractivity contribution in [3.63, 3.8) is 0 Å². The summed E-state index contributed by atoms with van der Waals surface area (Å²) in [5.41, 5.74) is 0.855. The minimum atomic E-state index is -0.394.